The zero-order valence-electron chi connectivity index (χ0n) is 15.3. The van der Waals surface area contributed by atoms with Gasteiger partial charge in [-0.2, -0.15) is 0 Å². The minimum Gasteiger partial charge on any atom is -0.462 e. The third kappa shape index (κ3) is 4.46. The first-order chi connectivity index (χ1) is 13.5. The van der Waals surface area contributed by atoms with Crippen molar-refractivity contribution in [3.63, 3.8) is 0 Å². The Morgan fingerprint density at radius 2 is 1.89 bits per heavy atom. The van der Waals surface area contributed by atoms with E-state index in [0.29, 0.717) is 49.2 Å². The van der Waals surface area contributed by atoms with Crippen molar-refractivity contribution < 1.29 is 19.2 Å². The summed E-state index contributed by atoms with van der Waals surface area (Å²) in [4.78, 5) is 36.5. The number of nitrogens with zero attached hydrogens (tertiary/aromatic N) is 2. The molecule has 0 unspecified atom stereocenters. The number of rotatable bonds is 7. The topological polar surface area (TPSA) is 116 Å². The van der Waals surface area contributed by atoms with Crippen molar-refractivity contribution in [3.8, 4) is 0 Å². The molecule has 146 valence electrons. The Labute approximate surface area is 162 Å². The Kier molecular flexibility index (Phi) is 5.88. The van der Waals surface area contributed by atoms with Gasteiger partial charge in [0.1, 0.15) is 0 Å². The Bertz CT molecular complexity index is 895. The maximum atomic E-state index is 12.5. The fourth-order valence-corrected chi connectivity index (χ4v) is 3.12. The van der Waals surface area contributed by atoms with Crippen LogP contribution in [0.4, 0.5) is 17.1 Å². The third-order valence-corrected chi connectivity index (χ3v) is 4.64. The number of ether oxygens (including phenoxy) is 1. The van der Waals surface area contributed by atoms with Crippen LogP contribution < -0.4 is 10.6 Å². The molecule has 0 bridgehead atoms. The molecule has 2 aromatic rings. The van der Waals surface area contributed by atoms with E-state index in [1.54, 1.807) is 35.2 Å². The number of hydrogen-bond acceptors (Lipinski definition) is 6. The molecule has 28 heavy (non-hydrogen) atoms. The number of carbonyl (C=O) groups excluding carboxylic acids is 2. The van der Waals surface area contributed by atoms with Gasteiger partial charge < -0.3 is 15.4 Å². The SMILES string of the molecule is Nc1ccc(C(=O)OCCCCC(=O)N2CCc3ccc([N+](=O)[O-])cc32)cc1. The van der Waals surface area contributed by atoms with Crippen molar-refractivity contribution in [1.29, 1.82) is 0 Å². The van der Waals surface area contributed by atoms with Gasteiger partial charge in [0.25, 0.3) is 5.69 Å². The van der Waals surface area contributed by atoms with Crippen molar-refractivity contribution in [2.45, 2.75) is 25.7 Å². The van der Waals surface area contributed by atoms with Crippen LogP contribution >= 0.6 is 0 Å². The van der Waals surface area contributed by atoms with Crippen molar-refractivity contribution in [2.24, 2.45) is 0 Å². The molecule has 0 aromatic heterocycles. The van der Waals surface area contributed by atoms with Gasteiger partial charge in [0.2, 0.25) is 5.91 Å². The van der Waals surface area contributed by atoms with E-state index in [-0.39, 0.29) is 18.2 Å². The van der Waals surface area contributed by atoms with Crippen LogP contribution in [0.3, 0.4) is 0 Å². The van der Waals surface area contributed by atoms with Gasteiger partial charge in [-0.05, 0) is 49.1 Å². The summed E-state index contributed by atoms with van der Waals surface area (Å²) in [6, 6.07) is 11.1. The van der Waals surface area contributed by atoms with Crippen LogP contribution in [0.15, 0.2) is 42.5 Å². The summed E-state index contributed by atoms with van der Waals surface area (Å²) in [5, 5.41) is 10.9. The number of fused-ring (bicyclic) bond motifs is 1. The van der Waals surface area contributed by atoms with E-state index < -0.39 is 10.9 Å². The van der Waals surface area contributed by atoms with Gasteiger partial charge in [-0.3, -0.25) is 14.9 Å². The number of amides is 1. The van der Waals surface area contributed by atoms with Gasteiger partial charge in [-0.1, -0.05) is 6.07 Å². The van der Waals surface area contributed by atoms with E-state index in [9.17, 15) is 19.7 Å². The summed E-state index contributed by atoms with van der Waals surface area (Å²) < 4.78 is 5.19. The van der Waals surface area contributed by atoms with Gasteiger partial charge in [0, 0.05) is 30.8 Å². The fourth-order valence-electron chi connectivity index (χ4n) is 3.12. The highest BCUT2D eigenvalue weighted by atomic mass is 16.6. The average Bonchev–Trinajstić information content (AvgIpc) is 3.11. The highest BCUT2D eigenvalue weighted by Crippen LogP contribution is 2.32. The summed E-state index contributed by atoms with van der Waals surface area (Å²) in [7, 11) is 0. The molecule has 1 aliphatic heterocycles. The van der Waals surface area contributed by atoms with Crippen LogP contribution in [-0.4, -0.2) is 30.0 Å². The van der Waals surface area contributed by atoms with Crippen LogP contribution in [0.2, 0.25) is 0 Å². The average molecular weight is 383 g/mol. The first-order valence-electron chi connectivity index (χ1n) is 9.06. The molecule has 1 heterocycles. The predicted octanol–water partition coefficient (Wildman–Crippen LogP) is 3.09. The normalized spacial score (nSPS) is 12.5. The molecule has 2 aromatic carbocycles. The summed E-state index contributed by atoms with van der Waals surface area (Å²) in [5.74, 6) is -0.504. The molecule has 0 saturated heterocycles. The number of hydrogen-bond donors (Lipinski definition) is 1. The van der Waals surface area contributed by atoms with E-state index in [2.05, 4.69) is 0 Å². The van der Waals surface area contributed by atoms with Crippen LogP contribution in [0, 0.1) is 10.1 Å². The number of nitrogen functional groups attached to an aromatic ring is 1. The molecule has 0 fully saturated rings. The maximum Gasteiger partial charge on any atom is 0.338 e. The number of esters is 1. The van der Waals surface area contributed by atoms with Crippen molar-refractivity contribution in [2.75, 3.05) is 23.8 Å². The Hall–Kier alpha value is -3.42. The van der Waals surface area contributed by atoms with E-state index in [1.165, 1.54) is 12.1 Å². The molecule has 0 spiro atoms. The quantitative estimate of drug-likeness (QED) is 0.258. The molecule has 0 radical (unpaired) electrons. The van der Waals surface area contributed by atoms with Crippen molar-refractivity contribution in [1.82, 2.24) is 0 Å². The predicted molar refractivity (Wildman–Crippen MR) is 104 cm³/mol. The van der Waals surface area contributed by atoms with Gasteiger partial charge in [0.15, 0.2) is 0 Å². The number of benzene rings is 2. The van der Waals surface area contributed by atoms with Gasteiger partial charge in [0.05, 0.1) is 22.8 Å². The lowest BCUT2D eigenvalue weighted by Crippen LogP contribution is -2.28. The first-order valence-corrected chi connectivity index (χ1v) is 9.06. The highest BCUT2D eigenvalue weighted by Gasteiger charge is 2.26. The van der Waals surface area contributed by atoms with E-state index in [4.69, 9.17) is 10.5 Å². The number of nitro benzene ring substituents is 1. The summed E-state index contributed by atoms with van der Waals surface area (Å²) in [5.41, 5.74) is 8.12. The maximum absolute atomic E-state index is 12.5. The molecule has 1 amide bonds. The molecule has 0 aliphatic carbocycles. The largest absolute Gasteiger partial charge is 0.462 e. The Morgan fingerprint density at radius 3 is 2.61 bits per heavy atom. The number of anilines is 2. The molecule has 0 saturated carbocycles. The Morgan fingerprint density at radius 1 is 1.14 bits per heavy atom. The van der Waals surface area contributed by atoms with Crippen molar-refractivity contribution in [3.05, 3.63) is 63.7 Å². The number of unbranched alkanes of at least 4 members (excludes halogenated alkanes) is 1. The lowest BCUT2D eigenvalue weighted by molar-refractivity contribution is -0.384. The zero-order valence-corrected chi connectivity index (χ0v) is 15.3. The number of non-ortho nitro benzene ring substituents is 1. The molecule has 2 N–H and O–H groups in total. The second-order valence-corrected chi connectivity index (χ2v) is 6.58. The van der Waals surface area contributed by atoms with Gasteiger partial charge in [-0.15, -0.1) is 0 Å². The highest BCUT2D eigenvalue weighted by molar-refractivity contribution is 5.95. The monoisotopic (exact) mass is 383 g/mol. The zero-order chi connectivity index (χ0) is 20.1. The molecule has 3 rings (SSSR count). The number of nitro groups is 1. The lowest BCUT2D eigenvalue weighted by Gasteiger charge is -2.17. The van der Waals surface area contributed by atoms with E-state index in [1.807, 2.05) is 0 Å². The van der Waals surface area contributed by atoms with E-state index >= 15 is 0 Å². The second-order valence-electron chi connectivity index (χ2n) is 6.58. The second kappa shape index (κ2) is 8.51. The van der Waals surface area contributed by atoms with Crippen LogP contribution in [0.1, 0.15) is 35.2 Å². The molecule has 1 aliphatic rings. The van der Waals surface area contributed by atoms with E-state index in [0.717, 1.165) is 5.56 Å². The Balaban J connectivity index is 1.44. The van der Waals surface area contributed by atoms with Crippen molar-refractivity contribution >= 4 is 28.9 Å². The molecule has 8 heteroatoms. The summed E-state index contributed by atoms with van der Waals surface area (Å²) >= 11 is 0. The first kappa shape index (κ1) is 19.3. The third-order valence-electron chi connectivity index (χ3n) is 4.64. The molecule has 0 atom stereocenters. The minimum atomic E-state index is -0.462. The number of carbonyl (C=O) groups is 2. The molecular weight excluding hydrogens is 362 g/mol. The van der Waals surface area contributed by atoms with Gasteiger partial charge in [-0.25, -0.2) is 4.79 Å². The summed E-state index contributed by atoms with van der Waals surface area (Å²) in [6.07, 6.45) is 2.11. The molecular formula is C20H21N3O5. The molecule has 8 nitrogen and oxygen atoms in total. The van der Waals surface area contributed by atoms with Crippen LogP contribution in [0.5, 0.6) is 0 Å². The van der Waals surface area contributed by atoms with Crippen LogP contribution in [-0.2, 0) is 16.0 Å². The standard InChI is InChI=1S/C20H21N3O5/c21-16-7-4-15(5-8-16)20(25)28-12-2-1-3-19(24)22-11-10-14-6-9-17(23(26)27)13-18(14)22/h4-9,13H,1-3,10-12,21H2. The van der Waals surface area contributed by atoms with Gasteiger partial charge >= 0.3 is 5.97 Å². The fraction of sp³-hybridized carbons (Fsp3) is 0.300. The lowest BCUT2D eigenvalue weighted by atomic mass is 10.1. The summed E-state index contributed by atoms with van der Waals surface area (Å²) in [6.45, 7) is 0.750. The van der Waals surface area contributed by atoms with Crippen LogP contribution in [0.25, 0.3) is 0 Å². The smallest absolute Gasteiger partial charge is 0.338 e. The minimum absolute atomic E-state index is 0.0203. The number of nitrogens with two attached hydrogens (primary N) is 1.